The maximum atomic E-state index is 13.7. The Kier molecular flexibility index (Phi) is 7.50. The molecule has 0 aliphatic heterocycles. The number of nitrogens with one attached hydrogen (secondary N) is 1. The summed E-state index contributed by atoms with van der Waals surface area (Å²) >= 11 is 1.48. The Hall–Kier alpha value is -3.77. The molecule has 1 heterocycles. The minimum atomic E-state index is -0.915. The van der Waals surface area contributed by atoms with Crippen LogP contribution in [0.3, 0.4) is 0 Å². The van der Waals surface area contributed by atoms with Gasteiger partial charge in [0.15, 0.2) is 0 Å². The number of thiophene rings is 1. The van der Waals surface area contributed by atoms with Gasteiger partial charge in [-0.05, 0) is 53.8 Å². The van der Waals surface area contributed by atoms with Crippen LogP contribution in [-0.4, -0.2) is 11.8 Å². The number of carbonyl (C=O) groups excluding carboxylic acids is 2. The van der Waals surface area contributed by atoms with Gasteiger partial charge in [-0.1, -0.05) is 66.2 Å². The highest BCUT2D eigenvalue weighted by Crippen LogP contribution is 2.30. The maximum Gasteiger partial charge on any atom is 0.248 e. The molecule has 0 bridgehead atoms. The van der Waals surface area contributed by atoms with Gasteiger partial charge in [-0.3, -0.25) is 14.5 Å². The zero-order chi connectivity index (χ0) is 23.9. The average Bonchev–Trinajstić information content (AvgIpc) is 3.36. The standard InChI is InChI=1S/C28H25FN2O2S/c1-20-9-11-22(12-10-20)27(28(33)30-19-21-6-3-2-4-7-21)31(24-15-13-23(29)14-16-24)26(32)18-25-8-5-17-34-25/h2-17,27H,18-19H2,1H3,(H,30,33)/t27-/m0/s1. The van der Waals surface area contributed by atoms with E-state index in [1.807, 2.05) is 79.0 Å². The van der Waals surface area contributed by atoms with Gasteiger partial charge < -0.3 is 5.32 Å². The van der Waals surface area contributed by atoms with Gasteiger partial charge in [-0.25, -0.2) is 4.39 Å². The zero-order valence-electron chi connectivity index (χ0n) is 18.8. The molecule has 4 aromatic rings. The van der Waals surface area contributed by atoms with Crippen LogP contribution in [0.1, 0.15) is 27.6 Å². The lowest BCUT2D eigenvalue weighted by Crippen LogP contribution is -2.44. The molecular weight excluding hydrogens is 447 g/mol. The molecule has 0 radical (unpaired) electrons. The smallest absolute Gasteiger partial charge is 0.248 e. The highest BCUT2D eigenvalue weighted by atomic mass is 32.1. The lowest BCUT2D eigenvalue weighted by molar-refractivity contribution is -0.126. The van der Waals surface area contributed by atoms with Crippen molar-refractivity contribution in [2.24, 2.45) is 0 Å². The Balaban J connectivity index is 1.72. The van der Waals surface area contributed by atoms with Crippen molar-refractivity contribution < 1.29 is 14.0 Å². The van der Waals surface area contributed by atoms with E-state index in [0.717, 1.165) is 16.0 Å². The van der Waals surface area contributed by atoms with Crippen LogP contribution in [0.4, 0.5) is 10.1 Å². The van der Waals surface area contributed by atoms with Crippen LogP contribution in [0, 0.1) is 12.7 Å². The first kappa shape index (κ1) is 23.4. The monoisotopic (exact) mass is 472 g/mol. The molecule has 0 saturated heterocycles. The third-order valence-corrected chi connectivity index (χ3v) is 6.36. The summed E-state index contributed by atoms with van der Waals surface area (Å²) in [5, 5.41) is 4.89. The molecule has 3 aromatic carbocycles. The van der Waals surface area contributed by atoms with Gasteiger partial charge in [0, 0.05) is 17.1 Å². The second-order valence-corrected chi connectivity index (χ2v) is 9.05. The summed E-state index contributed by atoms with van der Waals surface area (Å²) in [4.78, 5) is 29.6. The van der Waals surface area contributed by atoms with Gasteiger partial charge in [0.2, 0.25) is 11.8 Å². The van der Waals surface area contributed by atoms with E-state index in [0.29, 0.717) is 17.8 Å². The highest BCUT2D eigenvalue weighted by Gasteiger charge is 2.32. The fraction of sp³-hybridized carbons (Fsp3) is 0.143. The molecule has 172 valence electrons. The molecule has 1 atom stereocenters. The Bertz CT molecular complexity index is 1220. The summed E-state index contributed by atoms with van der Waals surface area (Å²) in [6.07, 6.45) is 0.142. The predicted molar refractivity (Wildman–Crippen MR) is 134 cm³/mol. The van der Waals surface area contributed by atoms with E-state index < -0.39 is 11.9 Å². The Morgan fingerprint density at radius 2 is 1.62 bits per heavy atom. The second kappa shape index (κ2) is 10.9. The number of rotatable bonds is 8. The van der Waals surface area contributed by atoms with Gasteiger partial charge in [-0.15, -0.1) is 11.3 Å². The highest BCUT2D eigenvalue weighted by molar-refractivity contribution is 7.10. The molecule has 1 aromatic heterocycles. The maximum absolute atomic E-state index is 13.7. The van der Waals surface area contributed by atoms with Crippen molar-refractivity contribution in [2.45, 2.75) is 25.9 Å². The van der Waals surface area contributed by atoms with E-state index in [2.05, 4.69) is 5.32 Å². The molecule has 0 fully saturated rings. The number of hydrogen-bond donors (Lipinski definition) is 1. The quantitative estimate of drug-likeness (QED) is 0.351. The minimum Gasteiger partial charge on any atom is -0.350 e. The van der Waals surface area contributed by atoms with Crippen LogP contribution >= 0.6 is 11.3 Å². The van der Waals surface area contributed by atoms with Crippen LogP contribution in [0.2, 0.25) is 0 Å². The fourth-order valence-electron chi connectivity index (χ4n) is 3.73. The van der Waals surface area contributed by atoms with E-state index in [9.17, 15) is 14.0 Å². The summed E-state index contributed by atoms with van der Waals surface area (Å²) in [5.41, 5.74) is 3.14. The third kappa shape index (κ3) is 5.77. The van der Waals surface area contributed by atoms with Crippen molar-refractivity contribution >= 4 is 28.8 Å². The van der Waals surface area contributed by atoms with Crippen LogP contribution in [-0.2, 0) is 22.6 Å². The van der Waals surface area contributed by atoms with E-state index in [1.54, 1.807) is 0 Å². The summed E-state index contributed by atoms with van der Waals surface area (Å²) in [7, 11) is 0. The third-order valence-electron chi connectivity index (χ3n) is 5.49. The van der Waals surface area contributed by atoms with Crippen molar-refractivity contribution in [2.75, 3.05) is 4.90 Å². The van der Waals surface area contributed by atoms with Crippen LogP contribution in [0.5, 0.6) is 0 Å². The van der Waals surface area contributed by atoms with Crippen LogP contribution in [0.25, 0.3) is 0 Å². The summed E-state index contributed by atoms with van der Waals surface area (Å²) in [6, 6.07) is 25.7. The molecule has 34 heavy (non-hydrogen) atoms. The summed E-state index contributed by atoms with van der Waals surface area (Å²) in [6.45, 7) is 2.30. The topological polar surface area (TPSA) is 49.4 Å². The van der Waals surface area contributed by atoms with E-state index >= 15 is 0 Å². The minimum absolute atomic E-state index is 0.142. The molecule has 0 spiro atoms. The number of nitrogens with zero attached hydrogens (tertiary/aromatic N) is 1. The van der Waals surface area contributed by atoms with Gasteiger partial charge >= 0.3 is 0 Å². The summed E-state index contributed by atoms with van der Waals surface area (Å²) < 4.78 is 13.7. The largest absolute Gasteiger partial charge is 0.350 e. The van der Waals surface area contributed by atoms with Crippen molar-refractivity contribution in [1.82, 2.24) is 5.32 Å². The number of benzene rings is 3. The van der Waals surface area contributed by atoms with Gasteiger partial charge in [0.1, 0.15) is 11.9 Å². The number of halogens is 1. The number of aryl methyl sites for hydroxylation is 1. The first-order valence-corrected chi connectivity index (χ1v) is 11.9. The Morgan fingerprint density at radius 1 is 0.912 bits per heavy atom. The Labute approximate surface area is 202 Å². The molecule has 4 nitrogen and oxygen atoms in total. The lowest BCUT2D eigenvalue weighted by atomic mass is 10.0. The molecule has 0 aliphatic rings. The van der Waals surface area contributed by atoms with E-state index in [4.69, 9.17) is 0 Å². The van der Waals surface area contributed by atoms with Crippen LogP contribution < -0.4 is 10.2 Å². The molecule has 0 unspecified atom stereocenters. The molecule has 0 aliphatic carbocycles. The van der Waals surface area contributed by atoms with Crippen LogP contribution in [0.15, 0.2) is 96.4 Å². The Morgan fingerprint density at radius 3 is 2.26 bits per heavy atom. The number of anilines is 1. The van der Waals surface area contributed by atoms with Gasteiger partial charge in [0.25, 0.3) is 0 Å². The lowest BCUT2D eigenvalue weighted by Gasteiger charge is -2.31. The fourth-order valence-corrected chi connectivity index (χ4v) is 4.43. The number of amides is 2. The summed E-state index contributed by atoms with van der Waals surface area (Å²) in [5.74, 6) is -0.958. The van der Waals surface area contributed by atoms with E-state index in [-0.39, 0.29) is 18.2 Å². The zero-order valence-corrected chi connectivity index (χ0v) is 19.6. The van der Waals surface area contributed by atoms with Crippen molar-refractivity contribution in [3.05, 3.63) is 124 Å². The number of carbonyl (C=O) groups is 2. The van der Waals surface area contributed by atoms with Gasteiger partial charge in [-0.2, -0.15) is 0 Å². The molecule has 0 saturated carbocycles. The van der Waals surface area contributed by atoms with E-state index in [1.165, 1.54) is 40.5 Å². The first-order valence-electron chi connectivity index (χ1n) is 11.0. The molecule has 4 rings (SSSR count). The van der Waals surface area contributed by atoms with Crippen molar-refractivity contribution in [3.63, 3.8) is 0 Å². The molecule has 6 heteroatoms. The normalized spacial score (nSPS) is 11.6. The van der Waals surface area contributed by atoms with Crippen molar-refractivity contribution in [3.8, 4) is 0 Å². The second-order valence-electron chi connectivity index (χ2n) is 8.01. The number of hydrogen-bond acceptors (Lipinski definition) is 3. The SMILES string of the molecule is Cc1ccc([C@@H](C(=O)NCc2ccccc2)N(C(=O)Cc2cccs2)c2ccc(F)cc2)cc1. The molecular formula is C28H25FN2O2S. The van der Waals surface area contributed by atoms with Gasteiger partial charge in [0.05, 0.1) is 6.42 Å². The molecule has 1 N–H and O–H groups in total. The average molecular weight is 473 g/mol. The predicted octanol–water partition coefficient (Wildman–Crippen LogP) is 5.83. The molecule has 2 amide bonds. The first-order chi connectivity index (χ1) is 16.5. The van der Waals surface area contributed by atoms with Crippen molar-refractivity contribution in [1.29, 1.82) is 0 Å².